The van der Waals surface area contributed by atoms with Gasteiger partial charge in [0.1, 0.15) is 29.0 Å². The van der Waals surface area contributed by atoms with E-state index in [0.717, 1.165) is 0 Å². The van der Waals surface area contributed by atoms with Crippen LogP contribution in [0.5, 0.6) is 17.2 Å². The maximum atomic E-state index is 14.6. The Balaban J connectivity index is 1.52. The Morgan fingerprint density at radius 2 is 1.85 bits per heavy atom. The number of hydrogen-bond acceptors (Lipinski definition) is 10. The summed E-state index contributed by atoms with van der Waals surface area (Å²) in [5.74, 6) is -0.124. The van der Waals surface area contributed by atoms with Gasteiger partial charge in [0, 0.05) is 17.9 Å². The van der Waals surface area contributed by atoms with Gasteiger partial charge in [-0.2, -0.15) is 0 Å². The molecule has 1 fully saturated rings. The summed E-state index contributed by atoms with van der Waals surface area (Å²) in [5, 5.41) is 12.2. The Morgan fingerprint density at radius 1 is 1.08 bits per heavy atom. The number of allylic oxidation sites excluding steroid dienone is 1. The largest absolute Gasteiger partial charge is 0.497 e. The van der Waals surface area contributed by atoms with Gasteiger partial charge in [-0.05, 0) is 30.7 Å². The smallest absolute Gasteiger partial charge is 0.338 e. The average molecular weight is 537 g/mol. The predicted molar refractivity (Wildman–Crippen MR) is 132 cm³/mol. The zero-order chi connectivity index (χ0) is 27.3. The molecule has 6 atom stereocenters. The van der Waals surface area contributed by atoms with Crippen molar-refractivity contribution < 1.29 is 47.9 Å². The number of methoxy groups -OCH3 is 2. The maximum Gasteiger partial charge on any atom is 0.338 e. The van der Waals surface area contributed by atoms with E-state index in [1.165, 1.54) is 14.2 Å². The minimum Gasteiger partial charge on any atom is -0.497 e. The van der Waals surface area contributed by atoms with Gasteiger partial charge >= 0.3 is 5.97 Å². The van der Waals surface area contributed by atoms with E-state index in [4.69, 9.17) is 33.2 Å². The lowest BCUT2D eigenvalue weighted by atomic mass is 9.50. The zero-order valence-corrected chi connectivity index (χ0v) is 21.9. The van der Waals surface area contributed by atoms with Gasteiger partial charge in [0.2, 0.25) is 24.1 Å². The van der Waals surface area contributed by atoms with Crippen molar-refractivity contribution in [3.63, 3.8) is 0 Å². The summed E-state index contributed by atoms with van der Waals surface area (Å²) in [6.07, 6.45) is -1.98. The van der Waals surface area contributed by atoms with Crippen molar-refractivity contribution in [2.75, 3.05) is 27.6 Å². The number of benzene rings is 2. The average Bonchev–Trinajstić information content (AvgIpc) is 3.58. The summed E-state index contributed by atoms with van der Waals surface area (Å²) in [7, 11) is 2.84. The van der Waals surface area contributed by atoms with Crippen molar-refractivity contribution in [1.29, 1.82) is 0 Å². The highest BCUT2D eigenvalue weighted by molar-refractivity contribution is 6.07. The van der Waals surface area contributed by atoms with Crippen LogP contribution < -0.4 is 14.2 Å². The SMILES string of the molecule is COC1=C(OC)C(=O)[C@]23COc4c5c(cc(c42)[C@@H]2O[C@@]3(C1)[C@H](OC(=O)c1ccccc1)[C@@](C)(O)[C@H]2C)OCO5. The van der Waals surface area contributed by atoms with E-state index in [1.54, 1.807) is 43.3 Å². The van der Waals surface area contributed by atoms with Crippen molar-refractivity contribution in [2.45, 2.75) is 49.1 Å². The fourth-order valence-corrected chi connectivity index (χ4v) is 7.12. The second-order valence-corrected chi connectivity index (χ2v) is 10.9. The van der Waals surface area contributed by atoms with Crippen molar-refractivity contribution in [1.82, 2.24) is 0 Å². The molecule has 5 aliphatic rings. The van der Waals surface area contributed by atoms with E-state index >= 15 is 0 Å². The van der Waals surface area contributed by atoms with Crippen LogP contribution in [0, 0.1) is 5.92 Å². The molecule has 1 saturated heterocycles. The number of rotatable bonds is 4. The second kappa shape index (κ2) is 7.89. The summed E-state index contributed by atoms with van der Waals surface area (Å²) in [4.78, 5) is 28.1. The Morgan fingerprint density at radius 3 is 2.56 bits per heavy atom. The third-order valence-corrected chi connectivity index (χ3v) is 9.16. The first kappa shape index (κ1) is 24.3. The lowest BCUT2D eigenvalue weighted by Crippen LogP contribution is -2.78. The molecule has 0 saturated carbocycles. The van der Waals surface area contributed by atoms with Crippen molar-refractivity contribution >= 4 is 11.8 Å². The van der Waals surface area contributed by atoms with E-state index in [2.05, 4.69) is 0 Å². The van der Waals surface area contributed by atoms with Gasteiger partial charge in [0.15, 0.2) is 17.6 Å². The van der Waals surface area contributed by atoms with Crippen LogP contribution in [0.15, 0.2) is 47.9 Å². The van der Waals surface area contributed by atoms with E-state index in [-0.39, 0.29) is 31.3 Å². The standard InChI is InChI=1S/C29H28O10/c1-14-20-16-10-17-21(37-13-36-17)23-19(16)28(12-35-23)24(30)22(34-4)18(33-3)11-29(28,39-20)26(27(14,2)32)38-25(31)15-8-6-5-7-9-15/h5-10,14,20,26,32H,11-13H2,1-4H3/t14-,20+,26+,27-,28-,29-/m0/s1. The Labute approximate surface area is 224 Å². The highest BCUT2D eigenvalue weighted by atomic mass is 16.7. The van der Waals surface area contributed by atoms with Gasteiger partial charge in [-0.25, -0.2) is 4.79 Å². The third-order valence-electron chi connectivity index (χ3n) is 9.16. The van der Waals surface area contributed by atoms with Gasteiger partial charge < -0.3 is 38.3 Å². The Kier molecular flexibility index (Phi) is 4.92. The molecule has 0 amide bonds. The molecular formula is C29H28O10. The van der Waals surface area contributed by atoms with Crippen LogP contribution in [0.2, 0.25) is 0 Å². The van der Waals surface area contributed by atoms with Gasteiger partial charge in [0.05, 0.1) is 25.9 Å². The number of esters is 1. The topological polar surface area (TPSA) is 119 Å². The number of fused-ring (bicyclic) bond motifs is 4. The van der Waals surface area contributed by atoms with Gasteiger partial charge in [-0.3, -0.25) is 4.79 Å². The lowest BCUT2D eigenvalue weighted by molar-refractivity contribution is -0.314. The number of ketones is 1. The minimum absolute atomic E-state index is 0.00777. The van der Waals surface area contributed by atoms with Crippen molar-refractivity contribution in [2.24, 2.45) is 5.92 Å². The van der Waals surface area contributed by atoms with Crippen LogP contribution in [0.25, 0.3) is 0 Å². The van der Waals surface area contributed by atoms with Crippen molar-refractivity contribution in [3.05, 3.63) is 64.6 Å². The van der Waals surface area contributed by atoms with Crippen molar-refractivity contribution in [3.8, 4) is 17.2 Å². The lowest BCUT2D eigenvalue weighted by Gasteiger charge is -2.64. The molecule has 10 heteroatoms. The molecule has 2 aromatic rings. The number of aliphatic hydroxyl groups is 1. The molecule has 39 heavy (non-hydrogen) atoms. The summed E-state index contributed by atoms with van der Waals surface area (Å²) in [6, 6.07) is 10.3. The fraction of sp³-hybridized carbons (Fsp3) is 0.448. The van der Waals surface area contributed by atoms with E-state index in [0.29, 0.717) is 33.9 Å². The minimum atomic E-state index is -1.62. The zero-order valence-electron chi connectivity index (χ0n) is 21.9. The first-order valence-electron chi connectivity index (χ1n) is 12.8. The van der Waals surface area contributed by atoms with E-state index < -0.39 is 46.5 Å². The molecule has 4 aliphatic heterocycles. The van der Waals surface area contributed by atoms with Crippen LogP contribution >= 0.6 is 0 Å². The Bertz CT molecular complexity index is 1450. The number of carbonyl (C=O) groups is 2. The summed E-state index contributed by atoms with van der Waals surface area (Å²) < 4.78 is 42.0. The molecule has 10 nitrogen and oxygen atoms in total. The molecule has 0 unspecified atom stereocenters. The molecule has 7 rings (SSSR count). The van der Waals surface area contributed by atoms with Crippen LogP contribution in [0.4, 0.5) is 0 Å². The number of ether oxygens (including phenoxy) is 7. The number of Topliss-reactive ketones (excluding diaryl/α,β-unsaturated/α-hetero) is 1. The fourth-order valence-electron chi connectivity index (χ4n) is 7.12. The van der Waals surface area contributed by atoms with Crippen LogP contribution in [-0.4, -0.2) is 61.8 Å². The molecule has 204 valence electrons. The molecule has 0 aromatic heterocycles. The molecule has 2 bridgehead atoms. The van der Waals surface area contributed by atoms with Gasteiger partial charge in [-0.1, -0.05) is 25.1 Å². The first-order valence-corrected chi connectivity index (χ1v) is 12.8. The normalized spacial score (nSPS) is 35.1. The highest BCUT2D eigenvalue weighted by Gasteiger charge is 2.79. The summed E-state index contributed by atoms with van der Waals surface area (Å²) in [5.41, 5.74) is -3.20. The molecule has 4 heterocycles. The quantitative estimate of drug-likeness (QED) is 0.584. The van der Waals surface area contributed by atoms with Crippen LogP contribution in [0.3, 0.4) is 0 Å². The Hall–Kier alpha value is -3.76. The molecule has 2 aromatic carbocycles. The molecule has 0 radical (unpaired) electrons. The first-order chi connectivity index (χ1) is 18.7. The molecule has 1 aliphatic carbocycles. The number of carbonyl (C=O) groups excluding carboxylic acids is 2. The molecular weight excluding hydrogens is 508 g/mol. The van der Waals surface area contributed by atoms with E-state index in [1.807, 2.05) is 6.92 Å². The van der Waals surface area contributed by atoms with Gasteiger partial charge in [-0.15, -0.1) is 0 Å². The molecule has 2 spiro atoms. The predicted octanol–water partition coefficient (Wildman–Crippen LogP) is 2.96. The maximum absolute atomic E-state index is 14.6. The summed E-state index contributed by atoms with van der Waals surface area (Å²) >= 11 is 0. The number of hydrogen-bond donors (Lipinski definition) is 1. The van der Waals surface area contributed by atoms with E-state index in [9.17, 15) is 14.7 Å². The van der Waals surface area contributed by atoms with Crippen LogP contribution in [0.1, 0.15) is 47.9 Å². The third kappa shape index (κ3) is 2.78. The monoisotopic (exact) mass is 536 g/mol. The van der Waals surface area contributed by atoms with Crippen LogP contribution in [-0.2, 0) is 29.2 Å². The molecule has 1 N–H and O–H groups in total. The highest BCUT2D eigenvalue weighted by Crippen LogP contribution is 2.69. The summed E-state index contributed by atoms with van der Waals surface area (Å²) in [6.45, 7) is 3.31. The van der Waals surface area contributed by atoms with Gasteiger partial charge in [0.25, 0.3) is 0 Å². The second-order valence-electron chi connectivity index (χ2n) is 10.9.